The zero-order chi connectivity index (χ0) is 14.3. The van der Waals surface area contributed by atoms with Crippen LogP contribution in [0.25, 0.3) is 16.6 Å². The first kappa shape index (κ1) is 13.5. The summed E-state index contributed by atoms with van der Waals surface area (Å²) in [6.07, 6.45) is 0. The molecular formula is C14H8BrClN2OS. The molecule has 20 heavy (non-hydrogen) atoms. The quantitative estimate of drug-likeness (QED) is 0.645. The molecule has 0 fully saturated rings. The standard InChI is InChI=1S/C14H8BrClN2OS/c15-9-5-3-4-8-12(9)17-14(20)18(13(8)19)11-7-2-1-6-10(11)16/h1-7H,(H,17,20). The number of H-pyrrole nitrogens is 1. The molecule has 6 heteroatoms. The highest BCUT2D eigenvalue weighted by Crippen LogP contribution is 2.22. The van der Waals surface area contributed by atoms with Gasteiger partial charge in [-0.15, -0.1) is 0 Å². The normalized spacial score (nSPS) is 10.9. The van der Waals surface area contributed by atoms with Crippen LogP contribution in [0.2, 0.25) is 5.02 Å². The maximum atomic E-state index is 12.7. The van der Waals surface area contributed by atoms with Crippen LogP contribution in [0.1, 0.15) is 0 Å². The Labute approximate surface area is 133 Å². The Morgan fingerprint density at radius 1 is 1.15 bits per heavy atom. The molecule has 3 nitrogen and oxygen atoms in total. The summed E-state index contributed by atoms with van der Waals surface area (Å²) >= 11 is 14.9. The van der Waals surface area contributed by atoms with Crippen molar-refractivity contribution in [2.75, 3.05) is 0 Å². The highest BCUT2D eigenvalue weighted by atomic mass is 79.9. The number of para-hydroxylation sites is 2. The third kappa shape index (κ3) is 2.12. The highest BCUT2D eigenvalue weighted by molar-refractivity contribution is 9.10. The first-order chi connectivity index (χ1) is 9.59. The van der Waals surface area contributed by atoms with Gasteiger partial charge in [0.25, 0.3) is 5.56 Å². The lowest BCUT2D eigenvalue weighted by Gasteiger charge is -2.10. The van der Waals surface area contributed by atoms with Gasteiger partial charge < -0.3 is 4.98 Å². The van der Waals surface area contributed by atoms with E-state index in [-0.39, 0.29) is 5.56 Å². The predicted molar refractivity (Wildman–Crippen MR) is 87.4 cm³/mol. The molecule has 0 radical (unpaired) electrons. The first-order valence-corrected chi connectivity index (χ1v) is 7.36. The molecule has 100 valence electrons. The molecule has 0 aliphatic heterocycles. The Hall–Kier alpha value is -1.43. The lowest BCUT2D eigenvalue weighted by Crippen LogP contribution is -2.20. The molecule has 1 aromatic heterocycles. The molecule has 1 N–H and O–H groups in total. The van der Waals surface area contributed by atoms with Crippen LogP contribution in [-0.2, 0) is 0 Å². The Balaban J connectivity index is 2.48. The first-order valence-electron chi connectivity index (χ1n) is 5.78. The SMILES string of the molecule is O=c1c2cccc(Br)c2[nH]c(=S)n1-c1ccccc1Cl. The number of aromatic amines is 1. The number of hydrogen-bond donors (Lipinski definition) is 1. The number of halogens is 2. The summed E-state index contributed by atoms with van der Waals surface area (Å²) in [4.78, 5) is 15.7. The molecule has 0 aliphatic rings. The fourth-order valence-corrected chi connectivity index (χ4v) is 3.03. The van der Waals surface area contributed by atoms with Crippen molar-refractivity contribution in [3.63, 3.8) is 0 Å². The third-order valence-electron chi connectivity index (χ3n) is 2.98. The van der Waals surface area contributed by atoms with Gasteiger partial charge in [0, 0.05) is 4.47 Å². The van der Waals surface area contributed by atoms with E-state index in [0.29, 0.717) is 26.4 Å². The van der Waals surface area contributed by atoms with Crippen molar-refractivity contribution in [3.8, 4) is 5.69 Å². The number of rotatable bonds is 1. The topological polar surface area (TPSA) is 37.8 Å². The molecule has 0 saturated heterocycles. The lowest BCUT2D eigenvalue weighted by molar-refractivity contribution is 0.939. The van der Waals surface area contributed by atoms with Crippen LogP contribution in [0, 0.1) is 4.77 Å². The highest BCUT2D eigenvalue weighted by Gasteiger charge is 2.11. The maximum Gasteiger partial charge on any atom is 0.266 e. The van der Waals surface area contributed by atoms with Crippen molar-refractivity contribution in [2.24, 2.45) is 0 Å². The second-order valence-corrected chi connectivity index (χ2v) is 5.83. The number of aromatic nitrogens is 2. The van der Waals surface area contributed by atoms with Crippen molar-refractivity contribution in [1.82, 2.24) is 9.55 Å². The van der Waals surface area contributed by atoms with Crippen LogP contribution in [-0.4, -0.2) is 9.55 Å². The third-order valence-corrected chi connectivity index (χ3v) is 4.24. The molecule has 3 aromatic rings. The van der Waals surface area contributed by atoms with Crippen LogP contribution >= 0.6 is 39.7 Å². The summed E-state index contributed by atoms with van der Waals surface area (Å²) in [6, 6.07) is 12.5. The van der Waals surface area contributed by atoms with E-state index < -0.39 is 0 Å². The van der Waals surface area contributed by atoms with E-state index in [1.165, 1.54) is 4.57 Å². The minimum absolute atomic E-state index is 0.196. The summed E-state index contributed by atoms with van der Waals surface area (Å²) < 4.78 is 2.51. The van der Waals surface area contributed by atoms with Crippen LogP contribution in [0.5, 0.6) is 0 Å². The molecule has 0 bridgehead atoms. The van der Waals surface area contributed by atoms with E-state index in [1.54, 1.807) is 24.3 Å². The van der Waals surface area contributed by atoms with Gasteiger partial charge in [0.15, 0.2) is 4.77 Å². The predicted octanol–water partition coefficient (Wildman–Crippen LogP) is 4.46. The van der Waals surface area contributed by atoms with Crippen LogP contribution in [0.15, 0.2) is 51.7 Å². The lowest BCUT2D eigenvalue weighted by atomic mass is 10.2. The van der Waals surface area contributed by atoms with Crippen LogP contribution in [0.3, 0.4) is 0 Å². The summed E-state index contributed by atoms with van der Waals surface area (Å²) in [5, 5.41) is 1.02. The van der Waals surface area contributed by atoms with Gasteiger partial charge in [-0.25, -0.2) is 0 Å². The van der Waals surface area contributed by atoms with Crippen molar-refractivity contribution in [3.05, 3.63) is 67.1 Å². The average Bonchev–Trinajstić information content (AvgIpc) is 2.42. The number of fused-ring (bicyclic) bond motifs is 1. The Bertz CT molecular complexity index is 932. The zero-order valence-electron chi connectivity index (χ0n) is 10.1. The van der Waals surface area contributed by atoms with Gasteiger partial charge in [-0.1, -0.05) is 29.8 Å². The van der Waals surface area contributed by atoms with E-state index in [1.807, 2.05) is 18.2 Å². The molecule has 0 spiro atoms. The maximum absolute atomic E-state index is 12.7. The Kier molecular flexibility index (Phi) is 3.50. The van der Waals surface area contributed by atoms with Gasteiger partial charge in [-0.05, 0) is 52.4 Å². The van der Waals surface area contributed by atoms with Crippen LogP contribution < -0.4 is 5.56 Å². The second kappa shape index (κ2) is 5.16. The molecule has 0 atom stereocenters. The van der Waals surface area contributed by atoms with E-state index in [0.717, 1.165) is 4.47 Å². The Morgan fingerprint density at radius 3 is 2.65 bits per heavy atom. The smallest absolute Gasteiger partial charge is 0.266 e. The van der Waals surface area contributed by atoms with Gasteiger partial charge in [0.1, 0.15) is 0 Å². The van der Waals surface area contributed by atoms with Crippen molar-refractivity contribution in [2.45, 2.75) is 0 Å². The number of nitrogens with zero attached hydrogens (tertiary/aromatic N) is 1. The average molecular weight is 368 g/mol. The molecule has 2 aromatic carbocycles. The van der Waals surface area contributed by atoms with Gasteiger partial charge in [0.05, 0.1) is 21.6 Å². The molecule has 0 amide bonds. The number of benzene rings is 2. The van der Waals surface area contributed by atoms with Gasteiger partial charge in [0.2, 0.25) is 0 Å². The van der Waals surface area contributed by atoms with Gasteiger partial charge in [-0.3, -0.25) is 9.36 Å². The monoisotopic (exact) mass is 366 g/mol. The van der Waals surface area contributed by atoms with E-state index in [4.69, 9.17) is 23.8 Å². The minimum Gasteiger partial charge on any atom is -0.330 e. The van der Waals surface area contributed by atoms with E-state index >= 15 is 0 Å². The Morgan fingerprint density at radius 2 is 1.90 bits per heavy atom. The zero-order valence-corrected chi connectivity index (χ0v) is 13.2. The molecule has 1 heterocycles. The second-order valence-electron chi connectivity index (χ2n) is 4.18. The van der Waals surface area contributed by atoms with E-state index in [9.17, 15) is 4.79 Å². The van der Waals surface area contributed by atoms with Gasteiger partial charge in [-0.2, -0.15) is 0 Å². The van der Waals surface area contributed by atoms with Crippen LogP contribution in [0.4, 0.5) is 0 Å². The fraction of sp³-hybridized carbons (Fsp3) is 0. The molecule has 0 aliphatic carbocycles. The summed E-state index contributed by atoms with van der Waals surface area (Å²) in [5.41, 5.74) is 1.06. The molecule has 3 rings (SSSR count). The summed E-state index contributed by atoms with van der Waals surface area (Å²) in [7, 11) is 0. The summed E-state index contributed by atoms with van der Waals surface area (Å²) in [6.45, 7) is 0. The minimum atomic E-state index is -0.196. The fourth-order valence-electron chi connectivity index (χ4n) is 2.06. The van der Waals surface area contributed by atoms with E-state index in [2.05, 4.69) is 20.9 Å². The molecule has 0 saturated carbocycles. The van der Waals surface area contributed by atoms with Crippen molar-refractivity contribution in [1.29, 1.82) is 0 Å². The molecule has 0 unspecified atom stereocenters. The number of nitrogens with one attached hydrogen (secondary N) is 1. The summed E-state index contributed by atoms with van der Waals surface area (Å²) in [5.74, 6) is 0. The van der Waals surface area contributed by atoms with Crippen molar-refractivity contribution >= 4 is 50.7 Å². The number of hydrogen-bond acceptors (Lipinski definition) is 2. The van der Waals surface area contributed by atoms with Gasteiger partial charge >= 0.3 is 0 Å². The van der Waals surface area contributed by atoms with Crippen molar-refractivity contribution < 1.29 is 0 Å². The largest absolute Gasteiger partial charge is 0.330 e. The molecular weight excluding hydrogens is 360 g/mol.